The van der Waals surface area contributed by atoms with E-state index in [2.05, 4.69) is 33.7 Å². The summed E-state index contributed by atoms with van der Waals surface area (Å²) in [5.41, 5.74) is 3.26. The lowest BCUT2D eigenvalue weighted by Crippen LogP contribution is -2.35. The monoisotopic (exact) mass is 389 g/mol. The number of carbonyl (C=O) groups is 1. The highest BCUT2D eigenvalue weighted by Gasteiger charge is 2.20. The van der Waals surface area contributed by atoms with Gasteiger partial charge >= 0.3 is 0 Å². The van der Waals surface area contributed by atoms with E-state index in [0.717, 1.165) is 56.6 Å². The molecule has 0 bridgehead atoms. The van der Waals surface area contributed by atoms with Gasteiger partial charge in [0.15, 0.2) is 0 Å². The number of nitrogens with zero attached hydrogens (tertiary/aromatic N) is 1. The first kappa shape index (κ1) is 22.2. The molecular weight excluding hydrogens is 361 g/mol. The number of halogens is 2. The van der Waals surface area contributed by atoms with Crippen molar-refractivity contribution < 1.29 is 9.53 Å². The molecule has 2 aliphatic rings. The van der Waals surface area contributed by atoms with Gasteiger partial charge in [0.25, 0.3) is 0 Å². The fraction of sp³-hybridized carbons (Fsp3) is 0.611. The topological polar surface area (TPSA) is 53.6 Å². The number of morpholine rings is 1. The lowest BCUT2D eigenvalue weighted by Gasteiger charge is -2.26. The second-order valence-corrected chi connectivity index (χ2v) is 6.66. The molecule has 1 aromatic rings. The van der Waals surface area contributed by atoms with Crippen LogP contribution in [0.5, 0.6) is 0 Å². The zero-order valence-corrected chi connectivity index (χ0v) is 16.4. The van der Waals surface area contributed by atoms with E-state index in [9.17, 15) is 4.79 Å². The first-order valence-corrected chi connectivity index (χ1v) is 8.61. The maximum absolute atomic E-state index is 12.1. The molecule has 1 aliphatic carbocycles. The summed E-state index contributed by atoms with van der Waals surface area (Å²) in [4.78, 5) is 14.5. The summed E-state index contributed by atoms with van der Waals surface area (Å²) in [5.74, 6) is 0.832. The van der Waals surface area contributed by atoms with Gasteiger partial charge in [-0.3, -0.25) is 9.69 Å². The number of rotatable bonds is 7. The summed E-state index contributed by atoms with van der Waals surface area (Å²) in [5, 5.41) is 6.27. The molecule has 1 saturated heterocycles. The summed E-state index contributed by atoms with van der Waals surface area (Å²) >= 11 is 0. The van der Waals surface area contributed by atoms with Gasteiger partial charge in [0.05, 0.1) is 19.8 Å². The number of hydrogen-bond acceptors (Lipinski definition) is 4. The number of benzene rings is 1. The predicted molar refractivity (Wildman–Crippen MR) is 106 cm³/mol. The third-order valence-corrected chi connectivity index (χ3v) is 4.50. The number of hydrogen-bond donors (Lipinski definition) is 2. The molecule has 0 atom stereocenters. The lowest BCUT2D eigenvalue weighted by atomic mass is 10.1. The van der Waals surface area contributed by atoms with Gasteiger partial charge in [-0.05, 0) is 49.4 Å². The van der Waals surface area contributed by atoms with Crippen LogP contribution in [0.1, 0.15) is 24.0 Å². The zero-order chi connectivity index (χ0) is 16.1. The molecule has 0 aromatic heterocycles. The third kappa shape index (κ3) is 7.50. The van der Waals surface area contributed by atoms with Crippen LogP contribution in [-0.2, 0) is 16.1 Å². The zero-order valence-electron chi connectivity index (χ0n) is 14.8. The van der Waals surface area contributed by atoms with Crippen molar-refractivity contribution >= 4 is 36.4 Å². The number of carbonyl (C=O) groups excluding carboxylic acids is 1. The highest BCUT2D eigenvalue weighted by molar-refractivity contribution is 5.93. The van der Waals surface area contributed by atoms with Gasteiger partial charge in [-0.1, -0.05) is 12.1 Å². The molecule has 1 saturated carbocycles. The van der Waals surface area contributed by atoms with Crippen LogP contribution in [0, 0.1) is 12.8 Å². The highest BCUT2D eigenvalue weighted by Crippen LogP contribution is 2.27. The van der Waals surface area contributed by atoms with Crippen molar-refractivity contribution in [2.75, 3.05) is 44.7 Å². The van der Waals surface area contributed by atoms with E-state index in [4.69, 9.17) is 4.74 Å². The summed E-state index contributed by atoms with van der Waals surface area (Å²) in [6.45, 7) is 7.86. The van der Waals surface area contributed by atoms with Crippen LogP contribution in [0.15, 0.2) is 18.2 Å². The quantitative estimate of drug-likeness (QED) is 0.752. The summed E-state index contributed by atoms with van der Waals surface area (Å²) in [7, 11) is 0. The Bertz CT molecular complexity index is 547. The Hall–Kier alpha value is -0.850. The summed E-state index contributed by atoms with van der Waals surface area (Å²) in [6.07, 6.45) is 2.61. The molecular formula is C18H29Cl2N3O2. The van der Waals surface area contributed by atoms with Crippen LogP contribution in [-0.4, -0.2) is 50.2 Å². The lowest BCUT2D eigenvalue weighted by molar-refractivity contribution is -0.115. The Labute approximate surface area is 162 Å². The number of ether oxygens (including phenoxy) is 1. The standard InChI is InChI=1S/C18H27N3O2.2ClH/c1-14-2-3-16(13-21-6-8-23-9-7-21)10-17(14)20-18(22)12-19-11-15-4-5-15;;/h2-3,10,15,19H,4-9,11-13H2,1H3,(H,20,22);2*1H. The molecule has 0 radical (unpaired) electrons. The molecule has 2 fully saturated rings. The molecule has 2 N–H and O–H groups in total. The van der Waals surface area contributed by atoms with Gasteiger partial charge in [0.2, 0.25) is 5.91 Å². The Morgan fingerprint density at radius 1 is 1.24 bits per heavy atom. The van der Waals surface area contributed by atoms with Crippen LogP contribution in [0.3, 0.4) is 0 Å². The average Bonchev–Trinajstić information content (AvgIpc) is 3.36. The minimum atomic E-state index is 0. The van der Waals surface area contributed by atoms with Crippen LogP contribution in [0.2, 0.25) is 0 Å². The number of anilines is 1. The van der Waals surface area contributed by atoms with Crippen LogP contribution >= 0.6 is 24.8 Å². The highest BCUT2D eigenvalue weighted by atomic mass is 35.5. The fourth-order valence-corrected chi connectivity index (χ4v) is 2.83. The largest absolute Gasteiger partial charge is 0.379 e. The minimum Gasteiger partial charge on any atom is -0.379 e. The Kier molecular flexibility index (Phi) is 9.75. The Morgan fingerprint density at radius 3 is 2.64 bits per heavy atom. The molecule has 1 amide bonds. The number of nitrogens with one attached hydrogen (secondary N) is 2. The Morgan fingerprint density at radius 2 is 1.96 bits per heavy atom. The minimum absolute atomic E-state index is 0. The molecule has 25 heavy (non-hydrogen) atoms. The molecule has 5 nitrogen and oxygen atoms in total. The molecule has 1 aromatic carbocycles. The summed E-state index contributed by atoms with van der Waals surface area (Å²) in [6, 6.07) is 6.33. The van der Waals surface area contributed by atoms with Gasteiger partial charge in [0, 0.05) is 25.3 Å². The van der Waals surface area contributed by atoms with Crippen molar-refractivity contribution in [2.24, 2.45) is 5.92 Å². The third-order valence-electron chi connectivity index (χ3n) is 4.50. The van der Waals surface area contributed by atoms with Crippen LogP contribution in [0.25, 0.3) is 0 Å². The number of aryl methyl sites for hydroxylation is 1. The molecule has 3 rings (SSSR count). The van der Waals surface area contributed by atoms with E-state index in [0.29, 0.717) is 6.54 Å². The maximum atomic E-state index is 12.1. The SMILES string of the molecule is Cc1ccc(CN2CCOCC2)cc1NC(=O)CNCC1CC1.Cl.Cl. The van der Waals surface area contributed by atoms with Crippen LogP contribution < -0.4 is 10.6 Å². The van der Waals surface area contributed by atoms with Gasteiger partial charge in [0.1, 0.15) is 0 Å². The number of amides is 1. The van der Waals surface area contributed by atoms with Crippen molar-refractivity contribution in [1.29, 1.82) is 0 Å². The van der Waals surface area contributed by atoms with Crippen molar-refractivity contribution in [3.05, 3.63) is 29.3 Å². The van der Waals surface area contributed by atoms with E-state index in [1.54, 1.807) is 0 Å². The fourth-order valence-electron chi connectivity index (χ4n) is 2.83. The Balaban J connectivity index is 0.00000156. The second kappa shape index (κ2) is 11.0. The van der Waals surface area contributed by atoms with Crippen molar-refractivity contribution in [1.82, 2.24) is 10.2 Å². The van der Waals surface area contributed by atoms with Crippen LogP contribution in [0.4, 0.5) is 5.69 Å². The van der Waals surface area contributed by atoms with Gasteiger partial charge in [-0.25, -0.2) is 0 Å². The first-order chi connectivity index (χ1) is 11.2. The molecule has 7 heteroatoms. The van der Waals surface area contributed by atoms with E-state index in [1.165, 1.54) is 18.4 Å². The van der Waals surface area contributed by atoms with E-state index < -0.39 is 0 Å². The van der Waals surface area contributed by atoms with Crippen molar-refractivity contribution in [3.63, 3.8) is 0 Å². The van der Waals surface area contributed by atoms with Crippen molar-refractivity contribution in [3.8, 4) is 0 Å². The first-order valence-electron chi connectivity index (χ1n) is 8.61. The maximum Gasteiger partial charge on any atom is 0.238 e. The van der Waals surface area contributed by atoms with Gasteiger partial charge in [-0.2, -0.15) is 0 Å². The smallest absolute Gasteiger partial charge is 0.238 e. The molecule has 0 spiro atoms. The van der Waals surface area contributed by atoms with Gasteiger partial charge < -0.3 is 15.4 Å². The second-order valence-electron chi connectivity index (χ2n) is 6.66. The molecule has 1 aliphatic heterocycles. The summed E-state index contributed by atoms with van der Waals surface area (Å²) < 4.78 is 5.39. The van der Waals surface area contributed by atoms with Crippen molar-refractivity contribution in [2.45, 2.75) is 26.3 Å². The van der Waals surface area contributed by atoms with E-state index in [-0.39, 0.29) is 30.7 Å². The predicted octanol–water partition coefficient (Wildman–Crippen LogP) is 2.61. The molecule has 142 valence electrons. The normalized spacial score (nSPS) is 17.3. The molecule has 0 unspecified atom stereocenters. The molecule has 1 heterocycles. The van der Waals surface area contributed by atoms with E-state index in [1.807, 2.05) is 6.92 Å². The van der Waals surface area contributed by atoms with E-state index >= 15 is 0 Å². The average molecular weight is 390 g/mol. The van der Waals surface area contributed by atoms with Gasteiger partial charge in [-0.15, -0.1) is 24.8 Å².